The van der Waals surface area contributed by atoms with Crippen molar-refractivity contribution in [1.82, 2.24) is 15.0 Å². The third-order valence-corrected chi connectivity index (χ3v) is 2.93. The maximum Gasteiger partial charge on any atom is 0.145 e. The number of hydrogen-bond donors (Lipinski definition) is 1. The molecule has 5 heteroatoms. The monoisotopic (exact) mass is 278 g/mol. The van der Waals surface area contributed by atoms with Gasteiger partial charge in [0.15, 0.2) is 0 Å². The maximum atomic E-state index is 5.74. The summed E-state index contributed by atoms with van der Waals surface area (Å²) in [5.41, 5.74) is 8.27. The first-order chi connectivity index (χ1) is 10.2. The van der Waals surface area contributed by atoms with Crippen LogP contribution in [0.4, 0.5) is 5.82 Å². The van der Waals surface area contributed by atoms with Crippen LogP contribution >= 0.6 is 0 Å². The first-order valence-electron chi connectivity index (χ1n) is 6.49. The molecule has 3 aromatic rings. The normalized spacial score (nSPS) is 10.3. The lowest BCUT2D eigenvalue weighted by Crippen LogP contribution is -1.91. The zero-order valence-electron chi connectivity index (χ0n) is 11.5. The van der Waals surface area contributed by atoms with Gasteiger partial charge in [-0.2, -0.15) is 0 Å². The molecular formula is C16H14N4O. The van der Waals surface area contributed by atoms with Gasteiger partial charge in [0, 0.05) is 29.7 Å². The quantitative estimate of drug-likeness (QED) is 0.796. The van der Waals surface area contributed by atoms with Gasteiger partial charge in [0.1, 0.15) is 17.3 Å². The molecule has 0 spiro atoms. The molecule has 0 aliphatic heterocycles. The number of nitrogens with zero attached hydrogens (tertiary/aromatic N) is 3. The van der Waals surface area contributed by atoms with Crippen molar-refractivity contribution in [3.63, 3.8) is 0 Å². The van der Waals surface area contributed by atoms with Crippen LogP contribution < -0.4 is 10.5 Å². The van der Waals surface area contributed by atoms with Crippen molar-refractivity contribution in [1.29, 1.82) is 0 Å². The Morgan fingerprint density at radius 2 is 1.81 bits per heavy atom. The predicted octanol–water partition coefficient (Wildman–Crippen LogP) is 3.22. The van der Waals surface area contributed by atoms with Gasteiger partial charge in [-0.15, -0.1) is 0 Å². The zero-order valence-corrected chi connectivity index (χ0v) is 11.5. The fourth-order valence-corrected chi connectivity index (χ4v) is 1.84. The average molecular weight is 278 g/mol. The van der Waals surface area contributed by atoms with Crippen molar-refractivity contribution >= 4 is 5.82 Å². The number of aryl methyl sites for hydroxylation is 1. The van der Waals surface area contributed by atoms with Crippen LogP contribution in [0.1, 0.15) is 5.69 Å². The summed E-state index contributed by atoms with van der Waals surface area (Å²) in [7, 11) is 0. The van der Waals surface area contributed by atoms with E-state index in [1.807, 2.05) is 25.1 Å². The number of aromatic nitrogens is 3. The molecule has 0 radical (unpaired) electrons. The van der Waals surface area contributed by atoms with E-state index in [-0.39, 0.29) is 0 Å². The summed E-state index contributed by atoms with van der Waals surface area (Å²) in [5, 5.41) is 0. The highest BCUT2D eigenvalue weighted by atomic mass is 16.5. The molecule has 0 bridgehead atoms. The van der Waals surface area contributed by atoms with E-state index < -0.39 is 0 Å². The van der Waals surface area contributed by atoms with Crippen molar-refractivity contribution < 1.29 is 4.74 Å². The second kappa shape index (κ2) is 5.58. The summed E-state index contributed by atoms with van der Waals surface area (Å²) in [5.74, 6) is 1.78. The number of nitrogen functional groups attached to an aromatic ring is 1. The fourth-order valence-electron chi connectivity index (χ4n) is 1.84. The maximum absolute atomic E-state index is 5.74. The smallest absolute Gasteiger partial charge is 0.145 e. The number of rotatable bonds is 3. The summed E-state index contributed by atoms with van der Waals surface area (Å²) >= 11 is 0. The Labute approximate surface area is 122 Å². The lowest BCUT2D eigenvalue weighted by molar-refractivity contribution is 0.480. The topological polar surface area (TPSA) is 73.9 Å². The molecule has 3 aromatic heterocycles. The summed E-state index contributed by atoms with van der Waals surface area (Å²) in [6.07, 6.45) is 5.09. The van der Waals surface area contributed by atoms with Crippen molar-refractivity contribution in [3.05, 3.63) is 60.7 Å². The minimum Gasteiger partial charge on any atom is -0.456 e. The van der Waals surface area contributed by atoms with Crippen LogP contribution in [0, 0.1) is 6.92 Å². The van der Waals surface area contributed by atoms with Crippen molar-refractivity contribution in [2.75, 3.05) is 5.73 Å². The van der Waals surface area contributed by atoms with E-state index in [0.29, 0.717) is 17.3 Å². The average Bonchev–Trinajstić information content (AvgIpc) is 2.51. The van der Waals surface area contributed by atoms with Crippen LogP contribution in [0.2, 0.25) is 0 Å². The van der Waals surface area contributed by atoms with E-state index in [1.54, 1.807) is 36.8 Å². The van der Waals surface area contributed by atoms with Gasteiger partial charge in [0.25, 0.3) is 0 Å². The Balaban J connectivity index is 1.86. The van der Waals surface area contributed by atoms with Gasteiger partial charge in [-0.25, -0.2) is 4.98 Å². The molecule has 3 heterocycles. The lowest BCUT2D eigenvalue weighted by Gasteiger charge is -2.07. The molecule has 0 aliphatic rings. The third kappa shape index (κ3) is 3.14. The van der Waals surface area contributed by atoms with Crippen LogP contribution in [-0.2, 0) is 0 Å². The van der Waals surface area contributed by atoms with E-state index in [2.05, 4.69) is 15.0 Å². The van der Waals surface area contributed by atoms with Gasteiger partial charge in [-0.3, -0.25) is 9.97 Å². The Bertz CT molecular complexity index is 739. The number of ether oxygens (including phenoxy) is 1. The van der Waals surface area contributed by atoms with E-state index in [4.69, 9.17) is 10.5 Å². The second-order valence-corrected chi connectivity index (χ2v) is 4.59. The standard InChI is InChI=1S/C16H14N4O/c1-11-2-3-12(9-19-11)15-8-13(6-7-18-15)21-14-4-5-16(17)20-10-14/h2-10H,1H3,(H2,17,20). The predicted molar refractivity (Wildman–Crippen MR) is 80.9 cm³/mol. The van der Waals surface area contributed by atoms with Crippen molar-refractivity contribution in [2.24, 2.45) is 0 Å². The Morgan fingerprint density at radius 3 is 2.52 bits per heavy atom. The van der Waals surface area contributed by atoms with Crippen molar-refractivity contribution in [3.8, 4) is 22.8 Å². The molecular weight excluding hydrogens is 264 g/mol. The molecule has 0 aromatic carbocycles. The minimum absolute atomic E-state index is 0.462. The highest BCUT2D eigenvalue weighted by Gasteiger charge is 2.03. The summed E-state index contributed by atoms with van der Waals surface area (Å²) < 4.78 is 5.74. The fraction of sp³-hybridized carbons (Fsp3) is 0.0625. The minimum atomic E-state index is 0.462. The molecule has 0 aliphatic carbocycles. The first-order valence-corrected chi connectivity index (χ1v) is 6.49. The molecule has 0 fully saturated rings. The second-order valence-electron chi connectivity index (χ2n) is 4.59. The van der Waals surface area contributed by atoms with E-state index in [9.17, 15) is 0 Å². The van der Waals surface area contributed by atoms with E-state index >= 15 is 0 Å². The molecule has 2 N–H and O–H groups in total. The first kappa shape index (κ1) is 13.1. The van der Waals surface area contributed by atoms with Gasteiger partial charge in [-0.05, 0) is 37.3 Å². The molecule has 3 rings (SSSR count). The van der Waals surface area contributed by atoms with Crippen LogP contribution in [-0.4, -0.2) is 15.0 Å². The summed E-state index contributed by atoms with van der Waals surface area (Å²) in [6.45, 7) is 1.95. The lowest BCUT2D eigenvalue weighted by atomic mass is 10.2. The third-order valence-electron chi connectivity index (χ3n) is 2.93. The van der Waals surface area contributed by atoms with Crippen LogP contribution in [0.15, 0.2) is 55.0 Å². The summed E-state index contributed by atoms with van der Waals surface area (Å²) in [6, 6.07) is 11.1. The SMILES string of the molecule is Cc1ccc(-c2cc(Oc3ccc(N)nc3)ccn2)cn1. The molecule has 0 saturated carbocycles. The van der Waals surface area contributed by atoms with Gasteiger partial charge in [-0.1, -0.05) is 0 Å². The number of anilines is 1. The number of nitrogens with two attached hydrogens (primary N) is 1. The largest absolute Gasteiger partial charge is 0.456 e. The Kier molecular flexibility index (Phi) is 3.47. The number of hydrogen-bond acceptors (Lipinski definition) is 5. The molecule has 0 atom stereocenters. The highest BCUT2D eigenvalue weighted by Crippen LogP contribution is 2.25. The molecule has 0 amide bonds. The summed E-state index contributed by atoms with van der Waals surface area (Å²) in [4.78, 5) is 12.6. The van der Waals surface area contributed by atoms with Crippen LogP contribution in [0.25, 0.3) is 11.3 Å². The molecule has 104 valence electrons. The van der Waals surface area contributed by atoms with Gasteiger partial charge < -0.3 is 10.5 Å². The number of pyridine rings is 3. The zero-order chi connectivity index (χ0) is 14.7. The van der Waals surface area contributed by atoms with Crippen LogP contribution in [0.5, 0.6) is 11.5 Å². The molecule has 5 nitrogen and oxygen atoms in total. The van der Waals surface area contributed by atoms with E-state index in [0.717, 1.165) is 17.0 Å². The Hall–Kier alpha value is -2.95. The van der Waals surface area contributed by atoms with Gasteiger partial charge in [0.05, 0.1) is 11.9 Å². The van der Waals surface area contributed by atoms with E-state index in [1.165, 1.54) is 0 Å². The highest BCUT2D eigenvalue weighted by molar-refractivity contribution is 5.59. The van der Waals surface area contributed by atoms with Crippen LogP contribution in [0.3, 0.4) is 0 Å². The molecule has 0 unspecified atom stereocenters. The van der Waals surface area contributed by atoms with Gasteiger partial charge >= 0.3 is 0 Å². The molecule has 21 heavy (non-hydrogen) atoms. The molecule has 0 saturated heterocycles. The Morgan fingerprint density at radius 1 is 0.905 bits per heavy atom. The van der Waals surface area contributed by atoms with Gasteiger partial charge in [0.2, 0.25) is 0 Å². The van der Waals surface area contributed by atoms with Crippen molar-refractivity contribution in [2.45, 2.75) is 6.92 Å².